The first-order chi connectivity index (χ1) is 8.18. The Balaban J connectivity index is 1.94. The van der Waals surface area contributed by atoms with E-state index in [1.165, 1.54) is 18.6 Å². The van der Waals surface area contributed by atoms with Gasteiger partial charge < -0.3 is 5.32 Å². The normalized spacial score (nSPS) is 21.3. The fourth-order valence-electron chi connectivity index (χ4n) is 1.82. The summed E-state index contributed by atoms with van der Waals surface area (Å²) in [5, 5.41) is 3.22. The smallest absolute Gasteiger partial charge is 0.259 e. The van der Waals surface area contributed by atoms with E-state index >= 15 is 0 Å². The minimum atomic E-state index is -3.51. The Labute approximate surface area is 101 Å². The van der Waals surface area contributed by atoms with E-state index < -0.39 is 10.0 Å². The van der Waals surface area contributed by atoms with Gasteiger partial charge >= 0.3 is 0 Å². The van der Waals surface area contributed by atoms with Crippen LogP contribution in [0.15, 0.2) is 23.6 Å². The van der Waals surface area contributed by atoms with E-state index in [0.29, 0.717) is 12.5 Å². The first kappa shape index (κ1) is 12.4. The highest BCUT2D eigenvalue weighted by molar-refractivity contribution is 7.89. The van der Waals surface area contributed by atoms with Gasteiger partial charge in [0.15, 0.2) is 5.03 Å². The van der Waals surface area contributed by atoms with Crippen LogP contribution in [0.4, 0.5) is 0 Å². The summed E-state index contributed by atoms with van der Waals surface area (Å²) in [5.74, 6) is 0.357. The molecule has 0 saturated carbocycles. The summed E-state index contributed by atoms with van der Waals surface area (Å²) in [4.78, 5) is 7.54. The Morgan fingerprint density at radius 1 is 1.47 bits per heavy atom. The molecule has 2 rings (SSSR count). The number of piperidine rings is 1. The Morgan fingerprint density at radius 3 is 3.00 bits per heavy atom. The maximum Gasteiger partial charge on any atom is 0.259 e. The molecule has 1 aromatic rings. The lowest BCUT2D eigenvalue weighted by atomic mass is 10.0. The lowest BCUT2D eigenvalue weighted by Gasteiger charge is -2.22. The number of hydrogen-bond acceptors (Lipinski definition) is 5. The average Bonchev–Trinajstić information content (AvgIpc) is 2.39. The van der Waals surface area contributed by atoms with Gasteiger partial charge in [0.05, 0.1) is 6.20 Å². The molecule has 1 saturated heterocycles. The molecule has 1 atom stereocenters. The molecule has 94 valence electrons. The molecule has 17 heavy (non-hydrogen) atoms. The van der Waals surface area contributed by atoms with Crippen molar-refractivity contribution in [2.75, 3.05) is 19.6 Å². The predicted molar refractivity (Wildman–Crippen MR) is 62.8 cm³/mol. The summed E-state index contributed by atoms with van der Waals surface area (Å²) in [6, 6.07) is 0. The summed E-state index contributed by atoms with van der Waals surface area (Å²) in [6.07, 6.45) is 6.22. The van der Waals surface area contributed by atoms with E-state index in [1.807, 2.05) is 0 Å². The van der Waals surface area contributed by atoms with Crippen LogP contribution in [0, 0.1) is 5.92 Å². The molecule has 2 N–H and O–H groups in total. The Hall–Kier alpha value is -1.05. The van der Waals surface area contributed by atoms with Crippen LogP contribution < -0.4 is 10.0 Å². The van der Waals surface area contributed by atoms with Gasteiger partial charge in [-0.1, -0.05) is 0 Å². The monoisotopic (exact) mass is 256 g/mol. The van der Waals surface area contributed by atoms with Crippen molar-refractivity contribution in [1.29, 1.82) is 0 Å². The highest BCUT2D eigenvalue weighted by Gasteiger charge is 2.19. The molecule has 0 aliphatic carbocycles. The van der Waals surface area contributed by atoms with Crippen molar-refractivity contribution >= 4 is 10.0 Å². The van der Waals surface area contributed by atoms with Gasteiger partial charge in [0, 0.05) is 18.9 Å². The second kappa shape index (κ2) is 5.52. The molecule has 0 aromatic carbocycles. The number of sulfonamides is 1. The van der Waals surface area contributed by atoms with Crippen LogP contribution in [0.3, 0.4) is 0 Å². The SMILES string of the molecule is O=S(=O)(NC[C@@H]1CCCNC1)c1cnccn1. The predicted octanol–water partition coefficient (Wildman–Crippen LogP) is -0.246. The molecule has 0 bridgehead atoms. The Morgan fingerprint density at radius 2 is 2.35 bits per heavy atom. The van der Waals surface area contributed by atoms with Gasteiger partial charge in [-0.25, -0.2) is 18.1 Å². The average molecular weight is 256 g/mol. The first-order valence-corrected chi connectivity index (χ1v) is 7.13. The van der Waals surface area contributed by atoms with Gasteiger partial charge in [-0.2, -0.15) is 0 Å². The molecule has 1 aliphatic rings. The maximum atomic E-state index is 11.8. The molecule has 2 heterocycles. The van der Waals surface area contributed by atoms with Crippen molar-refractivity contribution < 1.29 is 8.42 Å². The Bertz CT molecular complexity index is 443. The molecule has 0 amide bonds. The molecule has 1 aliphatic heterocycles. The van der Waals surface area contributed by atoms with Crippen LogP contribution in [0.5, 0.6) is 0 Å². The van der Waals surface area contributed by atoms with Crippen LogP contribution in [0.2, 0.25) is 0 Å². The number of nitrogens with one attached hydrogen (secondary N) is 2. The van der Waals surface area contributed by atoms with E-state index in [9.17, 15) is 8.42 Å². The fourth-order valence-corrected chi connectivity index (χ4v) is 2.83. The third-order valence-electron chi connectivity index (χ3n) is 2.78. The molecule has 6 nitrogen and oxygen atoms in total. The van der Waals surface area contributed by atoms with E-state index in [1.54, 1.807) is 0 Å². The van der Waals surface area contributed by atoms with Gasteiger partial charge in [0.25, 0.3) is 10.0 Å². The molecule has 1 aromatic heterocycles. The number of nitrogens with zero attached hydrogens (tertiary/aromatic N) is 2. The van der Waals surface area contributed by atoms with Crippen molar-refractivity contribution in [3.05, 3.63) is 18.6 Å². The molecule has 7 heteroatoms. The Kier molecular flexibility index (Phi) is 4.03. The second-order valence-corrected chi connectivity index (χ2v) is 5.82. The summed E-state index contributed by atoms with van der Waals surface area (Å²) in [5.41, 5.74) is 0. The minimum Gasteiger partial charge on any atom is -0.316 e. The topological polar surface area (TPSA) is 84.0 Å². The minimum absolute atomic E-state index is 0.0243. The third-order valence-corrected chi connectivity index (χ3v) is 4.08. The summed E-state index contributed by atoms with van der Waals surface area (Å²) < 4.78 is 26.3. The van der Waals surface area contributed by atoms with Crippen LogP contribution in [0.1, 0.15) is 12.8 Å². The standard InChI is InChI=1S/C10H16N4O2S/c15-17(16,10-8-12-4-5-13-10)14-7-9-2-1-3-11-6-9/h4-5,8-9,11,14H,1-3,6-7H2/t9-/m1/s1. The number of aromatic nitrogens is 2. The highest BCUT2D eigenvalue weighted by Crippen LogP contribution is 2.10. The van der Waals surface area contributed by atoms with Crippen LogP contribution in [-0.2, 0) is 10.0 Å². The van der Waals surface area contributed by atoms with Crippen molar-refractivity contribution in [2.45, 2.75) is 17.9 Å². The quantitative estimate of drug-likeness (QED) is 0.776. The number of hydrogen-bond donors (Lipinski definition) is 2. The zero-order valence-corrected chi connectivity index (χ0v) is 10.3. The van der Waals surface area contributed by atoms with Crippen molar-refractivity contribution in [3.8, 4) is 0 Å². The van der Waals surface area contributed by atoms with Gasteiger partial charge in [0.2, 0.25) is 0 Å². The van der Waals surface area contributed by atoms with Gasteiger partial charge in [0.1, 0.15) is 0 Å². The van der Waals surface area contributed by atoms with Crippen LogP contribution in [0.25, 0.3) is 0 Å². The second-order valence-electron chi connectivity index (χ2n) is 4.11. The highest BCUT2D eigenvalue weighted by atomic mass is 32.2. The lowest BCUT2D eigenvalue weighted by Crippen LogP contribution is -2.38. The summed E-state index contributed by atoms with van der Waals surface area (Å²) in [7, 11) is -3.51. The van der Waals surface area contributed by atoms with Gasteiger partial charge in [-0.3, -0.25) is 4.98 Å². The molecule has 0 spiro atoms. The summed E-state index contributed by atoms with van der Waals surface area (Å²) >= 11 is 0. The van der Waals surface area contributed by atoms with Crippen molar-refractivity contribution in [2.24, 2.45) is 5.92 Å². The number of rotatable bonds is 4. The molecule has 1 fully saturated rings. The molecular weight excluding hydrogens is 240 g/mol. The first-order valence-electron chi connectivity index (χ1n) is 5.65. The zero-order chi connectivity index (χ0) is 12.1. The van der Waals surface area contributed by atoms with Crippen molar-refractivity contribution in [1.82, 2.24) is 20.0 Å². The molecule has 0 unspecified atom stereocenters. The molecule has 0 radical (unpaired) electrons. The van der Waals surface area contributed by atoms with Crippen molar-refractivity contribution in [3.63, 3.8) is 0 Å². The van der Waals surface area contributed by atoms with E-state index in [-0.39, 0.29) is 5.03 Å². The maximum absolute atomic E-state index is 11.8. The lowest BCUT2D eigenvalue weighted by molar-refractivity contribution is 0.375. The third kappa shape index (κ3) is 3.45. The zero-order valence-electron chi connectivity index (χ0n) is 9.46. The summed E-state index contributed by atoms with van der Waals surface area (Å²) in [6.45, 7) is 2.34. The van der Waals surface area contributed by atoms with Gasteiger partial charge in [-0.05, 0) is 31.8 Å². The fraction of sp³-hybridized carbons (Fsp3) is 0.600. The van der Waals surface area contributed by atoms with Crippen LogP contribution in [-0.4, -0.2) is 38.0 Å². The van der Waals surface area contributed by atoms with E-state index in [0.717, 1.165) is 25.9 Å². The van der Waals surface area contributed by atoms with E-state index in [4.69, 9.17) is 0 Å². The molecular formula is C10H16N4O2S. The van der Waals surface area contributed by atoms with Crippen LogP contribution >= 0.6 is 0 Å². The van der Waals surface area contributed by atoms with E-state index in [2.05, 4.69) is 20.0 Å². The van der Waals surface area contributed by atoms with Gasteiger partial charge in [-0.15, -0.1) is 0 Å². The largest absolute Gasteiger partial charge is 0.316 e.